The van der Waals surface area contributed by atoms with Crippen molar-refractivity contribution >= 4 is 56.6 Å². The molecule has 0 saturated carbocycles. The van der Waals surface area contributed by atoms with E-state index in [9.17, 15) is 4.79 Å². The van der Waals surface area contributed by atoms with E-state index in [0.717, 1.165) is 15.7 Å². The van der Waals surface area contributed by atoms with Gasteiger partial charge in [0.05, 0.1) is 16.1 Å². The summed E-state index contributed by atoms with van der Waals surface area (Å²) in [5.74, 6) is -0.250. The van der Waals surface area contributed by atoms with Gasteiger partial charge in [0.2, 0.25) is 0 Å². The van der Waals surface area contributed by atoms with Crippen LogP contribution in [0.1, 0.15) is 22.0 Å². The highest BCUT2D eigenvalue weighted by Crippen LogP contribution is 2.27. The van der Waals surface area contributed by atoms with Crippen LogP contribution < -0.4 is 10.6 Å². The van der Waals surface area contributed by atoms with Crippen molar-refractivity contribution in [1.82, 2.24) is 10.6 Å². The molecule has 134 valence electrons. The summed E-state index contributed by atoms with van der Waals surface area (Å²) in [4.78, 5) is 12.7. The second-order valence-corrected chi connectivity index (χ2v) is 7.95. The Morgan fingerprint density at radius 3 is 2.38 bits per heavy atom. The number of rotatable bonds is 4. The molecule has 7 heteroatoms. The molecule has 3 nitrogen and oxygen atoms in total. The van der Waals surface area contributed by atoms with Gasteiger partial charge in [0.15, 0.2) is 0 Å². The Morgan fingerprint density at radius 2 is 1.77 bits per heavy atom. The molecule has 0 aliphatic carbocycles. The first-order valence-electron chi connectivity index (χ1n) is 7.75. The molecule has 3 rings (SSSR count). The zero-order valence-electron chi connectivity index (χ0n) is 13.4. The van der Waals surface area contributed by atoms with E-state index < -0.39 is 0 Å². The third-order valence-corrected chi connectivity index (χ3v) is 5.41. The van der Waals surface area contributed by atoms with E-state index in [1.165, 1.54) is 0 Å². The monoisotopic (exact) mass is 470 g/mol. The molecule has 2 aromatic carbocycles. The quantitative estimate of drug-likeness (QED) is 0.583. The molecule has 1 aliphatic heterocycles. The van der Waals surface area contributed by atoms with Crippen LogP contribution in [-0.2, 0) is 0 Å². The van der Waals surface area contributed by atoms with Crippen molar-refractivity contribution in [3.63, 3.8) is 0 Å². The van der Waals surface area contributed by atoms with Crippen LogP contribution in [-0.4, -0.2) is 12.5 Å². The average Bonchev–Trinajstić information content (AvgIpc) is 2.63. The summed E-state index contributed by atoms with van der Waals surface area (Å²) in [7, 11) is 0. The maximum Gasteiger partial charge on any atom is 0.252 e. The van der Waals surface area contributed by atoms with Crippen LogP contribution in [0.4, 0.5) is 0 Å². The third kappa shape index (κ3) is 4.63. The van der Waals surface area contributed by atoms with Crippen molar-refractivity contribution < 1.29 is 4.79 Å². The Kier molecular flexibility index (Phi) is 6.30. The maximum atomic E-state index is 12.7. The first-order valence-corrected chi connectivity index (χ1v) is 9.68. The number of benzene rings is 2. The largest absolute Gasteiger partial charge is 0.382 e. The second-order valence-electron chi connectivity index (χ2n) is 5.68. The minimum atomic E-state index is -0.355. The van der Waals surface area contributed by atoms with Gasteiger partial charge >= 0.3 is 0 Å². The van der Waals surface area contributed by atoms with E-state index >= 15 is 0 Å². The predicted octanol–water partition coefficient (Wildman–Crippen LogP) is 5.88. The van der Waals surface area contributed by atoms with Crippen molar-refractivity contribution in [2.24, 2.45) is 0 Å². The van der Waals surface area contributed by atoms with Crippen LogP contribution in [0.5, 0.6) is 0 Å². The number of carbonyl (C=O) groups excluding carboxylic acids is 1. The fourth-order valence-corrected chi connectivity index (χ4v) is 3.23. The Hall–Kier alpha value is -1.46. The normalized spacial score (nSPS) is 14.8. The molecule has 1 aliphatic rings. The zero-order valence-corrected chi connectivity index (χ0v) is 17.3. The lowest BCUT2D eigenvalue weighted by Gasteiger charge is -2.25. The van der Waals surface area contributed by atoms with Gasteiger partial charge in [-0.25, -0.2) is 0 Å². The van der Waals surface area contributed by atoms with Gasteiger partial charge < -0.3 is 10.6 Å². The number of amides is 1. The second kappa shape index (κ2) is 8.49. The number of carbonyl (C=O) groups is 1. The van der Waals surface area contributed by atoms with Gasteiger partial charge in [-0.15, -0.1) is 0 Å². The van der Waals surface area contributed by atoms with Crippen LogP contribution in [0.2, 0.25) is 15.1 Å². The van der Waals surface area contributed by atoms with Gasteiger partial charge in [0, 0.05) is 27.3 Å². The summed E-state index contributed by atoms with van der Waals surface area (Å²) in [5.41, 5.74) is 2.23. The molecule has 0 bridgehead atoms. The summed E-state index contributed by atoms with van der Waals surface area (Å²) in [6.07, 6.45) is 3.89. The van der Waals surface area contributed by atoms with Crippen LogP contribution in [0.3, 0.4) is 0 Å². The zero-order chi connectivity index (χ0) is 18.7. The van der Waals surface area contributed by atoms with E-state index in [-0.39, 0.29) is 11.9 Å². The molecule has 0 aromatic heterocycles. The maximum absolute atomic E-state index is 12.7. The summed E-state index contributed by atoms with van der Waals surface area (Å²) in [5, 5.41) is 7.73. The number of allylic oxidation sites excluding steroid dienone is 2. The Morgan fingerprint density at radius 1 is 1.04 bits per heavy atom. The molecule has 2 N–H and O–H groups in total. The van der Waals surface area contributed by atoms with Crippen LogP contribution in [0.25, 0.3) is 0 Å². The molecule has 26 heavy (non-hydrogen) atoms. The third-order valence-electron chi connectivity index (χ3n) is 3.88. The van der Waals surface area contributed by atoms with E-state index in [1.54, 1.807) is 30.3 Å². The number of hydrogen-bond donors (Lipinski definition) is 2. The van der Waals surface area contributed by atoms with Crippen LogP contribution in [0.15, 0.2) is 64.8 Å². The highest BCUT2D eigenvalue weighted by molar-refractivity contribution is 9.11. The van der Waals surface area contributed by atoms with Crippen LogP contribution >= 0.6 is 50.7 Å². The molecule has 1 unspecified atom stereocenters. The van der Waals surface area contributed by atoms with E-state index in [1.807, 2.05) is 24.3 Å². The van der Waals surface area contributed by atoms with Crippen molar-refractivity contribution in [3.05, 3.63) is 91.0 Å². The number of nitrogens with one attached hydrogen (secondary N) is 2. The van der Waals surface area contributed by atoms with Gasteiger partial charge in [-0.2, -0.15) is 0 Å². The Labute approximate surface area is 175 Å². The number of halogens is 4. The fraction of sp³-hybridized carbons (Fsp3) is 0.105. The van der Waals surface area contributed by atoms with Crippen molar-refractivity contribution in [2.45, 2.75) is 6.04 Å². The summed E-state index contributed by atoms with van der Waals surface area (Å²) in [6, 6.07) is 11.8. The number of dihydropyridines is 1. The molecule has 0 radical (unpaired) electrons. The Bertz CT molecular complexity index is 894. The molecule has 0 spiro atoms. The van der Waals surface area contributed by atoms with Crippen LogP contribution in [0, 0.1) is 0 Å². The van der Waals surface area contributed by atoms with Gasteiger partial charge in [-0.1, -0.05) is 62.9 Å². The van der Waals surface area contributed by atoms with Gasteiger partial charge in [0.25, 0.3) is 5.91 Å². The van der Waals surface area contributed by atoms with E-state index in [2.05, 4.69) is 26.6 Å². The van der Waals surface area contributed by atoms with Gasteiger partial charge in [-0.05, 0) is 48.0 Å². The first kappa shape index (κ1) is 19.3. The minimum absolute atomic E-state index is 0.250. The van der Waals surface area contributed by atoms with Crippen molar-refractivity contribution in [3.8, 4) is 0 Å². The lowest BCUT2D eigenvalue weighted by molar-refractivity contribution is 0.0941. The molecular formula is C19H14BrCl3N2O. The van der Waals surface area contributed by atoms with E-state index in [0.29, 0.717) is 27.2 Å². The lowest BCUT2D eigenvalue weighted by Crippen LogP contribution is -2.35. The molecule has 1 heterocycles. The molecule has 1 amide bonds. The van der Waals surface area contributed by atoms with Gasteiger partial charge in [-0.3, -0.25) is 4.79 Å². The van der Waals surface area contributed by atoms with Gasteiger partial charge in [0.1, 0.15) is 0 Å². The fourth-order valence-electron chi connectivity index (χ4n) is 2.53. The van der Waals surface area contributed by atoms with E-state index in [4.69, 9.17) is 34.8 Å². The average molecular weight is 473 g/mol. The number of hydrogen-bond acceptors (Lipinski definition) is 2. The molecule has 0 fully saturated rings. The summed E-state index contributed by atoms with van der Waals surface area (Å²) >= 11 is 21.4. The van der Waals surface area contributed by atoms with Crippen molar-refractivity contribution in [2.75, 3.05) is 6.54 Å². The molecule has 0 saturated heterocycles. The van der Waals surface area contributed by atoms with Crippen molar-refractivity contribution in [1.29, 1.82) is 0 Å². The topological polar surface area (TPSA) is 41.1 Å². The lowest BCUT2D eigenvalue weighted by atomic mass is 10.0. The summed E-state index contributed by atoms with van der Waals surface area (Å²) < 4.78 is 1.03. The molecule has 1 atom stereocenters. The highest BCUT2D eigenvalue weighted by atomic mass is 79.9. The molecular weight excluding hydrogens is 458 g/mol. The minimum Gasteiger partial charge on any atom is -0.382 e. The molecule has 2 aromatic rings. The SMILES string of the molecule is O=C(NC(C1=CC=C(Br)CN1)c1ccc(Cl)cc1)c1ccc(Cl)c(Cl)c1. The standard InChI is InChI=1S/C19H14BrCl3N2O/c20-13-4-8-17(24-10-13)18(11-1-5-14(21)6-2-11)25-19(26)12-3-7-15(22)16(23)9-12/h1-9,18,24H,10H2,(H,25,26). The smallest absolute Gasteiger partial charge is 0.252 e. The highest BCUT2D eigenvalue weighted by Gasteiger charge is 2.21. The summed E-state index contributed by atoms with van der Waals surface area (Å²) in [6.45, 7) is 0.651. The predicted molar refractivity (Wildman–Crippen MR) is 111 cm³/mol. The Balaban J connectivity index is 1.91. The first-order chi connectivity index (χ1) is 12.4.